The zero-order valence-electron chi connectivity index (χ0n) is 22.9. The van der Waals surface area contributed by atoms with E-state index in [0.29, 0.717) is 17.7 Å². The summed E-state index contributed by atoms with van der Waals surface area (Å²) in [5.41, 5.74) is 2.01. The Labute approximate surface area is 243 Å². The summed E-state index contributed by atoms with van der Waals surface area (Å²) in [7, 11) is 0. The first-order valence-corrected chi connectivity index (χ1v) is 15.5. The third-order valence-electron chi connectivity index (χ3n) is 8.96. The van der Waals surface area contributed by atoms with E-state index in [1.54, 1.807) is 6.92 Å². The molecule has 2 bridgehead atoms. The Hall–Kier alpha value is -2.35. The summed E-state index contributed by atoms with van der Waals surface area (Å²) in [6, 6.07) is 15.4. The molecule has 5 nitrogen and oxygen atoms in total. The summed E-state index contributed by atoms with van der Waals surface area (Å²) in [4.78, 5) is 32.5. The van der Waals surface area contributed by atoms with E-state index in [2.05, 4.69) is 47.7 Å². The quantitative estimate of drug-likeness (QED) is 0.257. The van der Waals surface area contributed by atoms with Gasteiger partial charge >= 0.3 is 5.97 Å². The minimum atomic E-state index is -1.63. The average molecular weight is 609 g/mol. The first kappa shape index (κ1) is 26.9. The largest absolute Gasteiger partial charge is 0.463 e. The predicted molar refractivity (Wildman–Crippen MR) is 157 cm³/mol. The number of allylic oxidation sites excluding steroid dienone is 2. The van der Waals surface area contributed by atoms with E-state index in [9.17, 15) is 9.59 Å². The van der Waals surface area contributed by atoms with Crippen molar-refractivity contribution >= 4 is 39.4 Å². The van der Waals surface area contributed by atoms with E-state index in [1.165, 1.54) is 11.3 Å². The van der Waals surface area contributed by atoms with Crippen molar-refractivity contribution in [3.8, 4) is 0 Å². The number of ketones is 1. The maximum absolute atomic E-state index is 14.7. The molecule has 204 valence electrons. The normalized spacial score (nSPS) is 26.9. The fraction of sp³-hybridized carbons (Fsp3) is 0.438. The molecule has 2 atom stereocenters. The molecule has 0 saturated heterocycles. The van der Waals surface area contributed by atoms with Crippen LogP contribution in [-0.2, 0) is 25.5 Å². The standard InChI is InChI=1S/C32H34BrNO4S/c1-5-34-20(3)21(4)39-30(18-10-7-11-19-30)32-25-13-9-8-12-24(25)31(38-32,29(36)37-6-2)26(28(32)34)27(35)22-14-16-23(33)17-15-22/h8-9,12-17H,5-7,10-11,18-19H2,1-4H3/t31-,32+/m0/s1. The van der Waals surface area contributed by atoms with Crippen LogP contribution in [0.4, 0.5) is 0 Å². The highest BCUT2D eigenvalue weighted by Gasteiger charge is 2.76. The molecular weight excluding hydrogens is 574 g/mol. The Balaban J connectivity index is 1.77. The van der Waals surface area contributed by atoms with Crippen LogP contribution in [0.1, 0.15) is 81.3 Å². The van der Waals surface area contributed by atoms with Crippen LogP contribution >= 0.6 is 27.7 Å². The van der Waals surface area contributed by atoms with Gasteiger partial charge < -0.3 is 14.4 Å². The van der Waals surface area contributed by atoms with Crippen molar-refractivity contribution in [1.29, 1.82) is 0 Å². The van der Waals surface area contributed by atoms with Gasteiger partial charge in [0.1, 0.15) is 0 Å². The Morgan fingerprint density at radius 3 is 2.31 bits per heavy atom. The molecular formula is C32H34BrNO4S. The number of halogens is 1. The van der Waals surface area contributed by atoms with Crippen LogP contribution < -0.4 is 0 Å². The average Bonchev–Trinajstić information content (AvgIpc) is 3.42. The number of carbonyl (C=O) groups excluding carboxylic acids is 2. The monoisotopic (exact) mass is 607 g/mol. The van der Waals surface area contributed by atoms with E-state index in [-0.39, 0.29) is 17.1 Å². The summed E-state index contributed by atoms with van der Waals surface area (Å²) < 4.78 is 13.6. The number of benzene rings is 2. The van der Waals surface area contributed by atoms with Gasteiger partial charge in [0.2, 0.25) is 5.60 Å². The molecule has 1 saturated carbocycles. The van der Waals surface area contributed by atoms with Gasteiger partial charge in [-0.1, -0.05) is 59.5 Å². The van der Waals surface area contributed by atoms with Crippen molar-refractivity contribution in [1.82, 2.24) is 4.90 Å². The summed E-state index contributed by atoms with van der Waals surface area (Å²) >= 11 is 5.39. The number of likely N-dealkylation sites (N-methyl/N-ethyl adjacent to an activating group) is 1. The molecule has 0 amide bonds. The van der Waals surface area contributed by atoms with Gasteiger partial charge in [0.05, 0.1) is 22.6 Å². The summed E-state index contributed by atoms with van der Waals surface area (Å²) in [6.45, 7) is 9.08. The molecule has 3 aliphatic heterocycles. The van der Waals surface area contributed by atoms with Gasteiger partial charge in [0, 0.05) is 32.7 Å². The number of esters is 1. The van der Waals surface area contributed by atoms with Crippen LogP contribution in [0.3, 0.4) is 0 Å². The lowest BCUT2D eigenvalue weighted by molar-refractivity contribution is -0.178. The second-order valence-corrected chi connectivity index (χ2v) is 13.3. The minimum Gasteiger partial charge on any atom is -0.463 e. The van der Waals surface area contributed by atoms with E-state index < -0.39 is 17.2 Å². The zero-order chi connectivity index (χ0) is 27.6. The summed E-state index contributed by atoms with van der Waals surface area (Å²) in [5.74, 6) is -0.704. The minimum absolute atomic E-state index is 0.191. The molecule has 0 unspecified atom stereocenters. The Morgan fingerprint density at radius 2 is 1.67 bits per heavy atom. The molecule has 0 aromatic heterocycles. The van der Waals surface area contributed by atoms with Crippen LogP contribution in [0.5, 0.6) is 0 Å². The zero-order valence-corrected chi connectivity index (χ0v) is 25.3. The molecule has 2 spiro atoms. The number of Topliss-reactive ketones (excluding diaryl/α,β-unsaturated/α-hetero) is 1. The highest BCUT2D eigenvalue weighted by molar-refractivity contribution is 9.10. The first-order valence-electron chi connectivity index (χ1n) is 13.9. The topological polar surface area (TPSA) is 55.8 Å². The number of rotatable bonds is 5. The number of ether oxygens (including phenoxy) is 2. The second-order valence-electron chi connectivity index (χ2n) is 10.8. The third kappa shape index (κ3) is 3.48. The van der Waals surface area contributed by atoms with Crippen molar-refractivity contribution in [2.45, 2.75) is 75.7 Å². The summed E-state index contributed by atoms with van der Waals surface area (Å²) in [5, 5.41) is 0. The molecule has 1 fully saturated rings. The van der Waals surface area contributed by atoms with Crippen molar-refractivity contribution < 1.29 is 19.1 Å². The van der Waals surface area contributed by atoms with Gasteiger partial charge in [-0.15, -0.1) is 11.8 Å². The maximum Gasteiger partial charge on any atom is 0.348 e. The van der Waals surface area contributed by atoms with Gasteiger partial charge in [-0.2, -0.15) is 0 Å². The molecule has 0 radical (unpaired) electrons. The van der Waals surface area contributed by atoms with Crippen molar-refractivity contribution in [3.63, 3.8) is 0 Å². The number of hydrogen-bond donors (Lipinski definition) is 0. The van der Waals surface area contributed by atoms with Crippen molar-refractivity contribution in [3.05, 3.63) is 91.6 Å². The maximum atomic E-state index is 14.7. The number of fused-ring (bicyclic) bond motifs is 3. The van der Waals surface area contributed by atoms with Crippen LogP contribution in [0, 0.1) is 0 Å². The molecule has 7 heteroatoms. The molecule has 6 rings (SSSR count). The van der Waals surface area contributed by atoms with Crippen LogP contribution in [0.15, 0.2) is 74.9 Å². The van der Waals surface area contributed by atoms with E-state index in [4.69, 9.17) is 9.47 Å². The predicted octanol–water partition coefficient (Wildman–Crippen LogP) is 7.61. The van der Waals surface area contributed by atoms with Gasteiger partial charge in [0.15, 0.2) is 11.4 Å². The number of nitrogens with zero attached hydrogens (tertiary/aromatic N) is 1. The van der Waals surface area contributed by atoms with E-state index >= 15 is 0 Å². The fourth-order valence-corrected chi connectivity index (χ4v) is 9.28. The number of carbonyl (C=O) groups is 2. The molecule has 3 heterocycles. The van der Waals surface area contributed by atoms with E-state index in [0.717, 1.165) is 52.7 Å². The van der Waals surface area contributed by atoms with Gasteiger partial charge in [-0.25, -0.2) is 4.79 Å². The third-order valence-corrected chi connectivity index (χ3v) is 11.2. The van der Waals surface area contributed by atoms with Crippen LogP contribution in [-0.4, -0.2) is 34.6 Å². The highest BCUT2D eigenvalue weighted by atomic mass is 79.9. The molecule has 4 aliphatic rings. The molecule has 1 aliphatic carbocycles. The fourth-order valence-electron chi connectivity index (χ4n) is 7.29. The van der Waals surface area contributed by atoms with Gasteiger partial charge in [0.25, 0.3) is 0 Å². The second kappa shape index (κ2) is 9.64. The number of thioether (sulfide) groups is 1. The van der Waals surface area contributed by atoms with Crippen LogP contribution in [0.25, 0.3) is 0 Å². The molecule has 39 heavy (non-hydrogen) atoms. The molecule has 0 N–H and O–H groups in total. The summed E-state index contributed by atoms with van der Waals surface area (Å²) in [6.07, 6.45) is 5.21. The van der Waals surface area contributed by atoms with Gasteiger partial charge in [-0.05, 0) is 70.4 Å². The Kier molecular flexibility index (Phi) is 6.63. The van der Waals surface area contributed by atoms with Crippen molar-refractivity contribution in [2.24, 2.45) is 0 Å². The smallest absolute Gasteiger partial charge is 0.348 e. The lowest BCUT2D eigenvalue weighted by atomic mass is 9.65. The Bertz CT molecular complexity index is 1420. The first-order chi connectivity index (χ1) is 18.8. The number of hydrogen-bond acceptors (Lipinski definition) is 6. The SMILES string of the molecule is CCOC(=O)[C@@]12O[C@@]3(C(=C1C(=O)c1ccc(Br)cc1)N(CC)C(C)=C(C)SC31CCCCC1)c1ccccc12. The Morgan fingerprint density at radius 1 is 1.00 bits per heavy atom. The highest BCUT2D eigenvalue weighted by Crippen LogP contribution is 2.72. The molecule has 2 aromatic rings. The lowest BCUT2D eigenvalue weighted by Crippen LogP contribution is -2.53. The van der Waals surface area contributed by atoms with E-state index in [1.807, 2.05) is 54.2 Å². The van der Waals surface area contributed by atoms with Gasteiger partial charge in [-0.3, -0.25) is 4.79 Å². The van der Waals surface area contributed by atoms with Crippen LogP contribution in [0.2, 0.25) is 0 Å². The lowest BCUT2D eigenvalue weighted by Gasteiger charge is -2.50. The molecule has 2 aromatic carbocycles. The van der Waals surface area contributed by atoms with Crippen molar-refractivity contribution in [2.75, 3.05) is 13.2 Å².